The second-order valence-corrected chi connectivity index (χ2v) is 32.1. The number of rotatable bonds is 75. The summed E-state index contributed by atoms with van der Waals surface area (Å²) in [7, 11) is -9.91. The van der Waals surface area contributed by atoms with Crippen molar-refractivity contribution >= 4 is 39.5 Å². The Labute approximate surface area is 588 Å². The number of aliphatic hydroxyl groups is 1. The number of esters is 4. The summed E-state index contributed by atoms with van der Waals surface area (Å²) in [6.45, 7) is 11.9. The molecule has 0 aliphatic rings. The third kappa shape index (κ3) is 70.5. The van der Waals surface area contributed by atoms with Crippen LogP contribution in [0.1, 0.15) is 395 Å². The maximum atomic E-state index is 13.1. The first-order valence-corrected chi connectivity index (χ1v) is 42.8. The molecule has 0 saturated heterocycles. The van der Waals surface area contributed by atoms with Gasteiger partial charge in [-0.3, -0.25) is 37.3 Å². The zero-order valence-corrected chi connectivity index (χ0v) is 64.6. The molecule has 0 aromatic carbocycles. The van der Waals surface area contributed by atoms with Crippen LogP contribution >= 0.6 is 15.6 Å². The Hall–Kier alpha value is -1.94. The molecule has 0 aliphatic heterocycles. The van der Waals surface area contributed by atoms with E-state index in [9.17, 15) is 43.2 Å². The highest BCUT2D eigenvalue weighted by Crippen LogP contribution is 2.45. The lowest BCUT2D eigenvalue weighted by molar-refractivity contribution is -0.161. The lowest BCUT2D eigenvalue weighted by Gasteiger charge is -2.21. The van der Waals surface area contributed by atoms with Gasteiger partial charge in [0.25, 0.3) is 0 Å². The first kappa shape index (κ1) is 94.1. The van der Waals surface area contributed by atoms with Crippen LogP contribution in [0.4, 0.5) is 0 Å². The summed E-state index contributed by atoms with van der Waals surface area (Å²) in [4.78, 5) is 72.8. The molecule has 3 N–H and O–H groups in total. The summed E-state index contributed by atoms with van der Waals surface area (Å²) in [5.74, 6) is 0.242. The van der Waals surface area contributed by atoms with E-state index in [-0.39, 0.29) is 25.7 Å². The van der Waals surface area contributed by atoms with Gasteiger partial charge < -0.3 is 33.8 Å². The van der Waals surface area contributed by atoms with Gasteiger partial charge in [-0.2, -0.15) is 0 Å². The lowest BCUT2D eigenvalue weighted by atomic mass is 10.0. The highest BCUT2D eigenvalue weighted by molar-refractivity contribution is 7.47. The van der Waals surface area contributed by atoms with Crippen LogP contribution < -0.4 is 0 Å². The Morgan fingerprint density at radius 3 is 0.708 bits per heavy atom. The summed E-state index contributed by atoms with van der Waals surface area (Å²) < 4.78 is 68.5. The Balaban J connectivity index is 5.22. The minimum absolute atomic E-state index is 0.106. The molecule has 0 fully saturated rings. The van der Waals surface area contributed by atoms with Gasteiger partial charge in [0, 0.05) is 25.7 Å². The van der Waals surface area contributed by atoms with Crippen molar-refractivity contribution in [2.75, 3.05) is 39.6 Å². The molecule has 0 aliphatic carbocycles. The van der Waals surface area contributed by atoms with E-state index in [4.69, 9.17) is 37.0 Å². The van der Waals surface area contributed by atoms with E-state index in [0.29, 0.717) is 25.7 Å². The molecule has 0 radical (unpaired) electrons. The van der Waals surface area contributed by atoms with Crippen molar-refractivity contribution in [1.29, 1.82) is 0 Å². The summed E-state index contributed by atoms with van der Waals surface area (Å²) >= 11 is 0. The van der Waals surface area contributed by atoms with Gasteiger partial charge in [-0.25, -0.2) is 9.13 Å². The molecule has 0 bridgehead atoms. The van der Waals surface area contributed by atoms with Crippen LogP contribution in [0.5, 0.6) is 0 Å². The zero-order valence-electron chi connectivity index (χ0n) is 62.8. The van der Waals surface area contributed by atoms with Crippen molar-refractivity contribution in [1.82, 2.24) is 0 Å². The molecule has 5 atom stereocenters. The Morgan fingerprint density at radius 2 is 0.479 bits per heavy atom. The molecule has 570 valence electrons. The van der Waals surface area contributed by atoms with Gasteiger partial charge in [0.2, 0.25) is 0 Å². The first-order valence-electron chi connectivity index (χ1n) is 39.8. The molecule has 0 aromatic rings. The summed E-state index contributed by atoms with van der Waals surface area (Å²) in [6, 6.07) is 0. The van der Waals surface area contributed by atoms with Gasteiger partial charge in [-0.15, -0.1) is 0 Å². The third-order valence-electron chi connectivity index (χ3n) is 17.9. The number of phosphoric acid groups is 2. The number of ether oxygens (including phenoxy) is 4. The van der Waals surface area contributed by atoms with E-state index >= 15 is 0 Å². The van der Waals surface area contributed by atoms with Gasteiger partial charge >= 0.3 is 39.5 Å². The van der Waals surface area contributed by atoms with Crippen molar-refractivity contribution in [2.45, 2.75) is 414 Å². The van der Waals surface area contributed by atoms with Crippen molar-refractivity contribution in [3.8, 4) is 0 Å². The number of hydrogen-bond acceptors (Lipinski definition) is 15. The van der Waals surface area contributed by atoms with Crippen LogP contribution in [0, 0.1) is 17.8 Å². The van der Waals surface area contributed by atoms with E-state index in [1.165, 1.54) is 199 Å². The fraction of sp³-hybridized carbons (Fsp3) is 0.948. The van der Waals surface area contributed by atoms with Crippen LogP contribution in [0.3, 0.4) is 0 Å². The molecular weight excluding hydrogens is 1260 g/mol. The molecular formula is C77H150O17P2. The molecule has 2 unspecified atom stereocenters. The highest BCUT2D eigenvalue weighted by atomic mass is 31.2. The summed E-state index contributed by atoms with van der Waals surface area (Å²) in [5, 5.41) is 10.6. The maximum Gasteiger partial charge on any atom is 0.472 e. The number of unbranched alkanes of at least 4 members (excludes halogenated alkanes) is 43. The molecule has 19 heteroatoms. The minimum Gasteiger partial charge on any atom is -0.462 e. The van der Waals surface area contributed by atoms with E-state index in [1.807, 2.05) is 0 Å². The summed E-state index contributed by atoms with van der Waals surface area (Å²) in [5.41, 5.74) is 0. The predicted octanol–water partition coefficient (Wildman–Crippen LogP) is 22.6. The Bertz CT molecular complexity index is 1870. The van der Waals surface area contributed by atoms with Crippen molar-refractivity contribution < 1.29 is 80.2 Å². The second kappa shape index (κ2) is 67.5. The molecule has 96 heavy (non-hydrogen) atoms. The molecule has 0 saturated carbocycles. The zero-order chi connectivity index (χ0) is 70.9. The smallest absolute Gasteiger partial charge is 0.462 e. The fourth-order valence-corrected chi connectivity index (χ4v) is 13.4. The number of hydrogen-bond donors (Lipinski definition) is 3. The topological polar surface area (TPSA) is 237 Å². The average molecular weight is 1410 g/mol. The van der Waals surface area contributed by atoms with E-state index in [0.717, 1.165) is 114 Å². The van der Waals surface area contributed by atoms with Crippen molar-refractivity contribution in [3.05, 3.63) is 0 Å². The SMILES string of the molecule is CCCCCCCCCCC(=O)OC[C@H](COP(=O)(O)OC[C@H](O)COP(=O)(O)OC[C@@H](COC(=O)CCCCCCCCCCCCCCCCC(C)C)OC(=O)CCCCCCCCCCCCCCCCC(C)C)OC(=O)CCCCCCCCCCCCCC(C)C. The van der Waals surface area contributed by atoms with Gasteiger partial charge in [0.15, 0.2) is 12.2 Å². The van der Waals surface area contributed by atoms with E-state index in [2.05, 4.69) is 48.5 Å². The third-order valence-corrected chi connectivity index (χ3v) is 19.8. The summed E-state index contributed by atoms with van der Waals surface area (Å²) in [6.07, 6.45) is 54.1. The van der Waals surface area contributed by atoms with Crippen LogP contribution in [0.15, 0.2) is 0 Å². The monoisotopic (exact) mass is 1410 g/mol. The van der Waals surface area contributed by atoms with Crippen LogP contribution in [0.2, 0.25) is 0 Å². The predicted molar refractivity (Wildman–Crippen MR) is 391 cm³/mol. The standard InChI is InChI=1S/C77H150O17P2/c1-8-9-10-11-12-37-44-51-58-74(79)87-64-72(93-77(82)61-54-47-40-33-27-21-24-30-36-43-50-57-70(6)7)66-91-95(83,84)89-62-71(78)63-90-96(85,86)92-67-73(94-76(81)60-53-46-39-32-26-20-16-14-18-23-29-35-42-49-56-69(4)5)65-88-75(80)59-52-45-38-31-25-19-15-13-17-22-28-34-41-48-55-68(2)3/h68-73,78H,8-67H2,1-7H3,(H,83,84)(H,85,86)/t71-,72+,73+/m0/s1. The van der Waals surface area contributed by atoms with E-state index < -0.39 is 97.5 Å². The number of carbonyl (C=O) groups is 4. The van der Waals surface area contributed by atoms with Gasteiger partial charge in [0.1, 0.15) is 19.3 Å². The second-order valence-electron chi connectivity index (χ2n) is 29.2. The normalized spacial score (nSPS) is 14.1. The lowest BCUT2D eigenvalue weighted by Crippen LogP contribution is -2.30. The Kier molecular flexibility index (Phi) is 66.2. The highest BCUT2D eigenvalue weighted by Gasteiger charge is 2.30. The van der Waals surface area contributed by atoms with Crippen LogP contribution in [-0.4, -0.2) is 96.7 Å². The molecule has 0 heterocycles. The van der Waals surface area contributed by atoms with E-state index in [1.54, 1.807) is 0 Å². The quantitative estimate of drug-likeness (QED) is 0.0222. The molecule has 0 spiro atoms. The maximum absolute atomic E-state index is 13.1. The molecule has 0 amide bonds. The van der Waals surface area contributed by atoms with Crippen molar-refractivity contribution in [2.24, 2.45) is 17.8 Å². The van der Waals surface area contributed by atoms with Gasteiger partial charge in [-0.05, 0) is 43.4 Å². The molecule has 0 rings (SSSR count). The number of aliphatic hydroxyl groups excluding tert-OH is 1. The molecule has 0 aromatic heterocycles. The minimum atomic E-state index is -4.96. The van der Waals surface area contributed by atoms with Crippen LogP contribution in [0.25, 0.3) is 0 Å². The van der Waals surface area contributed by atoms with Crippen LogP contribution in [-0.2, 0) is 65.4 Å². The Morgan fingerprint density at radius 1 is 0.281 bits per heavy atom. The molecule has 17 nitrogen and oxygen atoms in total. The number of carbonyl (C=O) groups excluding carboxylic acids is 4. The first-order chi connectivity index (χ1) is 46.2. The van der Waals surface area contributed by atoms with Crippen molar-refractivity contribution in [3.63, 3.8) is 0 Å². The van der Waals surface area contributed by atoms with Gasteiger partial charge in [0.05, 0.1) is 26.4 Å². The van der Waals surface area contributed by atoms with Gasteiger partial charge in [-0.1, -0.05) is 344 Å². The fourth-order valence-electron chi connectivity index (χ4n) is 11.8. The number of phosphoric ester groups is 2. The average Bonchev–Trinajstić information content (AvgIpc) is 1.10. The largest absolute Gasteiger partial charge is 0.472 e.